The number of nitrogens with two attached hydrogens (primary N) is 1. The first-order valence-electron chi connectivity index (χ1n) is 11.0. The van der Waals surface area contributed by atoms with Crippen molar-refractivity contribution in [2.45, 2.75) is 98.4 Å². The molecule has 1 aliphatic carbocycles. The molecule has 0 heterocycles. The second-order valence-electron chi connectivity index (χ2n) is 9.63. The van der Waals surface area contributed by atoms with Gasteiger partial charge in [0.25, 0.3) is 5.91 Å². The van der Waals surface area contributed by atoms with Crippen molar-refractivity contribution in [3.63, 3.8) is 0 Å². The van der Waals surface area contributed by atoms with Gasteiger partial charge in [0.2, 0.25) is 5.91 Å². The Bertz CT molecular complexity index is 719. The monoisotopic (exact) mass is 472 g/mol. The highest BCUT2D eigenvalue weighted by Gasteiger charge is 2.31. The molecule has 1 fully saturated rings. The van der Waals surface area contributed by atoms with Gasteiger partial charge in [-0.2, -0.15) is 4.99 Å². The number of ether oxygens (including phenoxy) is 3. The van der Waals surface area contributed by atoms with Gasteiger partial charge in [0.1, 0.15) is 23.3 Å². The zero-order chi connectivity index (χ0) is 26.0. The molecular weight excluding hydrogens is 432 g/mol. The average molecular weight is 473 g/mol. The van der Waals surface area contributed by atoms with Crippen molar-refractivity contribution >= 4 is 29.9 Å². The number of carbonyl (C=O) groups is 4. The van der Waals surface area contributed by atoms with Crippen LogP contribution in [0.4, 0.5) is 9.59 Å². The van der Waals surface area contributed by atoms with Gasteiger partial charge in [-0.1, -0.05) is 0 Å². The van der Waals surface area contributed by atoms with Crippen LogP contribution in [0.25, 0.3) is 0 Å². The van der Waals surface area contributed by atoms with Crippen LogP contribution in [-0.2, 0) is 23.8 Å². The molecule has 11 heteroatoms. The number of aliphatic imine (C=N–C) groups is 1. The predicted molar refractivity (Wildman–Crippen MR) is 124 cm³/mol. The van der Waals surface area contributed by atoms with E-state index in [1.807, 2.05) is 6.92 Å². The van der Waals surface area contributed by atoms with Crippen molar-refractivity contribution in [3.05, 3.63) is 0 Å². The van der Waals surface area contributed by atoms with E-state index in [4.69, 9.17) is 19.9 Å². The molecule has 33 heavy (non-hydrogen) atoms. The predicted octanol–water partition coefficient (Wildman–Crippen LogP) is 2.66. The summed E-state index contributed by atoms with van der Waals surface area (Å²) in [6, 6.07) is -1.45. The van der Waals surface area contributed by atoms with Gasteiger partial charge in [-0.3, -0.25) is 9.59 Å². The van der Waals surface area contributed by atoms with E-state index in [0.29, 0.717) is 12.5 Å². The van der Waals surface area contributed by atoms with Crippen molar-refractivity contribution < 1.29 is 33.4 Å². The van der Waals surface area contributed by atoms with Crippen molar-refractivity contribution in [2.75, 3.05) is 6.61 Å². The van der Waals surface area contributed by atoms with Crippen LogP contribution in [-0.4, -0.2) is 59.8 Å². The Hall–Kier alpha value is -2.85. The fraction of sp³-hybridized carbons (Fsp3) is 0.773. The summed E-state index contributed by atoms with van der Waals surface area (Å²) in [5.41, 5.74) is 3.77. The Balaban J connectivity index is 0.000000684. The number of carbonyl (C=O) groups excluding carboxylic acids is 4. The maximum Gasteiger partial charge on any atom is 0.408 e. The molecule has 1 aliphatic rings. The van der Waals surface area contributed by atoms with Crippen LogP contribution in [0.3, 0.4) is 0 Å². The van der Waals surface area contributed by atoms with E-state index >= 15 is 0 Å². The van der Waals surface area contributed by atoms with Gasteiger partial charge in [-0.25, -0.2) is 9.59 Å². The molecule has 0 aromatic rings. The molecule has 0 saturated heterocycles. The maximum atomic E-state index is 11.9. The van der Waals surface area contributed by atoms with Gasteiger partial charge >= 0.3 is 12.2 Å². The van der Waals surface area contributed by atoms with Crippen LogP contribution < -0.4 is 16.4 Å². The highest BCUT2D eigenvalue weighted by atomic mass is 16.6. The molecule has 1 rings (SSSR count). The summed E-state index contributed by atoms with van der Waals surface area (Å²) in [7, 11) is 0. The largest absolute Gasteiger partial charge is 0.481 e. The molecule has 4 N–H and O–H groups in total. The smallest absolute Gasteiger partial charge is 0.408 e. The lowest BCUT2D eigenvalue weighted by molar-refractivity contribution is -0.120. The number of hydrogen-bond acceptors (Lipinski definition) is 7. The summed E-state index contributed by atoms with van der Waals surface area (Å²) in [6.45, 7) is 15.9. The van der Waals surface area contributed by atoms with E-state index < -0.39 is 47.3 Å². The van der Waals surface area contributed by atoms with Gasteiger partial charge < -0.3 is 30.6 Å². The molecule has 0 radical (unpaired) electrons. The Kier molecular flexibility index (Phi) is 11.9. The SMILES string of the molecule is CCOC(=NC(=O)[C@H](C)NC(=O)OC(C)(C)C)C1CC1.C[C@H](NC(=O)OC(C)(C)C)C(N)=O. The lowest BCUT2D eigenvalue weighted by Crippen LogP contribution is -2.44. The molecule has 0 bridgehead atoms. The van der Waals surface area contributed by atoms with Crippen LogP contribution in [0.2, 0.25) is 0 Å². The molecule has 11 nitrogen and oxygen atoms in total. The first kappa shape index (κ1) is 30.1. The Labute approximate surface area is 196 Å². The van der Waals surface area contributed by atoms with Gasteiger partial charge in [-0.05, 0) is 75.2 Å². The fourth-order valence-electron chi connectivity index (χ4n) is 2.03. The average Bonchev–Trinajstić information content (AvgIpc) is 3.43. The maximum absolute atomic E-state index is 11.9. The van der Waals surface area contributed by atoms with Gasteiger partial charge in [-0.15, -0.1) is 0 Å². The molecular formula is C22H40N4O7. The van der Waals surface area contributed by atoms with Crippen molar-refractivity contribution in [3.8, 4) is 0 Å². The van der Waals surface area contributed by atoms with Gasteiger partial charge in [0.05, 0.1) is 6.61 Å². The van der Waals surface area contributed by atoms with Crippen molar-refractivity contribution in [1.82, 2.24) is 10.6 Å². The highest BCUT2D eigenvalue weighted by molar-refractivity contribution is 5.96. The minimum Gasteiger partial charge on any atom is -0.481 e. The van der Waals surface area contributed by atoms with Crippen LogP contribution in [0.1, 0.15) is 75.2 Å². The second-order valence-corrected chi connectivity index (χ2v) is 9.63. The summed E-state index contributed by atoms with van der Waals surface area (Å²) in [6.07, 6.45) is 0.733. The van der Waals surface area contributed by atoms with Gasteiger partial charge in [0, 0.05) is 5.92 Å². The number of primary amides is 1. The first-order chi connectivity index (χ1) is 14.9. The third-order valence-electron chi connectivity index (χ3n) is 3.70. The summed E-state index contributed by atoms with van der Waals surface area (Å²) < 4.78 is 15.3. The van der Waals surface area contributed by atoms with E-state index in [1.165, 1.54) is 6.92 Å². The second kappa shape index (κ2) is 13.0. The third-order valence-corrected chi connectivity index (χ3v) is 3.70. The number of alkyl carbamates (subject to hydrolysis) is 2. The van der Waals surface area contributed by atoms with Crippen molar-refractivity contribution in [2.24, 2.45) is 16.6 Å². The number of hydrogen-bond donors (Lipinski definition) is 3. The summed E-state index contributed by atoms with van der Waals surface area (Å²) in [5, 5.41) is 4.77. The Morgan fingerprint density at radius 1 is 0.909 bits per heavy atom. The molecule has 0 spiro atoms. The summed E-state index contributed by atoms with van der Waals surface area (Å²) in [5.74, 6) is -0.278. The molecule has 0 aromatic carbocycles. The van der Waals surface area contributed by atoms with E-state index in [1.54, 1.807) is 48.5 Å². The summed E-state index contributed by atoms with van der Waals surface area (Å²) >= 11 is 0. The molecule has 0 aromatic heterocycles. The minimum absolute atomic E-state index is 0.257. The zero-order valence-corrected chi connectivity index (χ0v) is 21.2. The number of rotatable bonds is 6. The molecule has 190 valence electrons. The topological polar surface area (TPSA) is 158 Å². The van der Waals surface area contributed by atoms with Crippen molar-refractivity contribution in [1.29, 1.82) is 0 Å². The standard InChI is InChI=1S/C14H24N2O4.C8H16N2O3/c1-6-19-12(10-7-8-10)16-11(17)9(2)15-13(18)20-14(3,4)5;1-5(6(9)11)10-7(12)13-8(2,3)4/h9-10H,6-8H2,1-5H3,(H,15,18);5H,1-4H3,(H2,9,11)(H,10,12)/t9-;5-/m00/s1. The minimum atomic E-state index is -0.737. The number of nitrogens with one attached hydrogen (secondary N) is 2. The van der Waals surface area contributed by atoms with Crippen LogP contribution >= 0.6 is 0 Å². The zero-order valence-electron chi connectivity index (χ0n) is 21.2. The molecule has 0 aliphatic heterocycles. The van der Waals surface area contributed by atoms with E-state index in [0.717, 1.165) is 12.8 Å². The fourth-order valence-corrected chi connectivity index (χ4v) is 2.03. The lowest BCUT2D eigenvalue weighted by atomic mass is 10.2. The first-order valence-corrected chi connectivity index (χ1v) is 11.0. The van der Waals surface area contributed by atoms with Crippen LogP contribution in [0, 0.1) is 5.92 Å². The van der Waals surface area contributed by atoms with E-state index in [9.17, 15) is 19.2 Å². The lowest BCUT2D eigenvalue weighted by Gasteiger charge is -2.21. The molecule has 2 atom stereocenters. The molecule has 1 saturated carbocycles. The molecule has 0 unspecified atom stereocenters. The Morgan fingerprint density at radius 2 is 1.33 bits per heavy atom. The van der Waals surface area contributed by atoms with E-state index in [2.05, 4.69) is 15.6 Å². The van der Waals surface area contributed by atoms with E-state index in [-0.39, 0.29) is 5.92 Å². The quantitative estimate of drug-likeness (QED) is 0.396. The van der Waals surface area contributed by atoms with Gasteiger partial charge in [0.15, 0.2) is 5.90 Å². The van der Waals surface area contributed by atoms with Crippen LogP contribution in [0.5, 0.6) is 0 Å². The highest BCUT2D eigenvalue weighted by Crippen LogP contribution is 2.31. The number of amides is 4. The normalized spacial score (nSPS) is 15.7. The third kappa shape index (κ3) is 15.6. The summed E-state index contributed by atoms with van der Waals surface area (Å²) in [4.78, 5) is 49.0. The Morgan fingerprint density at radius 3 is 1.67 bits per heavy atom. The number of nitrogens with zero attached hydrogens (tertiary/aromatic N) is 1. The van der Waals surface area contributed by atoms with Crippen LogP contribution in [0.15, 0.2) is 4.99 Å². The molecule has 4 amide bonds.